The zero-order valence-corrected chi connectivity index (χ0v) is 18.7. The number of imidazole rings is 1. The number of aliphatic imine (C=N–C) groups is 1. The summed E-state index contributed by atoms with van der Waals surface area (Å²) in [6, 6.07) is 4.67. The molecule has 2 aliphatic heterocycles. The van der Waals surface area contributed by atoms with Crippen molar-refractivity contribution >= 4 is 55.6 Å². The van der Waals surface area contributed by atoms with Gasteiger partial charge in [-0.25, -0.2) is 22.6 Å². The molecule has 1 fully saturated rings. The lowest BCUT2D eigenvalue weighted by atomic mass is 9.85. The van der Waals surface area contributed by atoms with Gasteiger partial charge in [-0.2, -0.15) is 3.97 Å². The van der Waals surface area contributed by atoms with Gasteiger partial charge in [0.15, 0.2) is 17.2 Å². The Balaban J connectivity index is 1.87. The van der Waals surface area contributed by atoms with Crippen LogP contribution in [-0.4, -0.2) is 47.1 Å². The third kappa shape index (κ3) is 2.53. The Labute approximate surface area is 183 Å². The van der Waals surface area contributed by atoms with Gasteiger partial charge in [0, 0.05) is 16.2 Å². The van der Waals surface area contributed by atoms with Gasteiger partial charge in [-0.3, -0.25) is 4.99 Å². The summed E-state index contributed by atoms with van der Waals surface area (Å²) in [6.45, 7) is 0. The minimum absolute atomic E-state index is 0.0232. The van der Waals surface area contributed by atoms with E-state index in [4.69, 9.17) is 11.6 Å². The van der Waals surface area contributed by atoms with Crippen molar-refractivity contribution in [1.82, 2.24) is 13.9 Å². The molecule has 2 unspecified atom stereocenters. The molecule has 3 aliphatic rings. The molecule has 1 aromatic heterocycles. The fourth-order valence-corrected chi connectivity index (χ4v) is 6.34. The van der Waals surface area contributed by atoms with Crippen LogP contribution in [0.15, 0.2) is 33.0 Å². The predicted molar refractivity (Wildman–Crippen MR) is 113 cm³/mol. The third-order valence-electron chi connectivity index (χ3n) is 5.38. The number of hydrogen-bond acceptors (Lipinski definition) is 6. The Morgan fingerprint density at radius 1 is 1.38 bits per heavy atom. The van der Waals surface area contributed by atoms with Gasteiger partial charge in [0.25, 0.3) is 0 Å². The summed E-state index contributed by atoms with van der Waals surface area (Å²) in [4.78, 5) is 25.7. The van der Waals surface area contributed by atoms with Crippen molar-refractivity contribution in [3.05, 3.63) is 54.5 Å². The minimum Gasteiger partial charge on any atom is -0.341 e. The first-order valence-corrected chi connectivity index (χ1v) is 11.7. The van der Waals surface area contributed by atoms with Crippen molar-refractivity contribution in [1.29, 1.82) is 0 Å². The van der Waals surface area contributed by atoms with E-state index in [0.717, 1.165) is 0 Å². The Morgan fingerprint density at radius 2 is 2.10 bits per heavy atom. The summed E-state index contributed by atoms with van der Waals surface area (Å²) >= 11 is 8.72. The summed E-state index contributed by atoms with van der Waals surface area (Å²) < 4.78 is 41.9. The van der Waals surface area contributed by atoms with E-state index in [-0.39, 0.29) is 21.4 Å². The van der Waals surface area contributed by atoms with E-state index in [0.29, 0.717) is 20.4 Å². The Bertz CT molecular complexity index is 1380. The molecule has 29 heavy (non-hydrogen) atoms. The van der Waals surface area contributed by atoms with Crippen molar-refractivity contribution in [2.75, 3.05) is 7.05 Å². The van der Waals surface area contributed by atoms with Gasteiger partial charge in [0.2, 0.25) is 10.0 Å². The lowest BCUT2D eigenvalue weighted by Crippen LogP contribution is -2.52. The van der Waals surface area contributed by atoms with E-state index in [1.165, 1.54) is 12.4 Å². The summed E-state index contributed by atoms with van der Waals surface area (Å²) in [5.74, 6) is -0.515. The molecule has 2 atom stereocenters. The summed E-state index contributed by atoms with van der Waals surface area (Å²) in [5, 5.41) is -0.537. The summed E-state index contributed by atoms with van der Waals surface area (Å²) in [5.41, 5.74) is -2.14. The van der Waals surface area contributed by atoms with E-state index in [1.54, 1.807) is 24.1 Å². The SMILES string of the molecule is CN1C=NC2(c3ccc(I)cc3F)C(Cl)=c3[nH]c(=O)n(S(=O)(=O)C4CC4)c3=NC12. The first kappa shape index (κ1) is 19.2. The maximum atomic E-state index is 14.9. The van der Waals surface area contributed by atoms with Crippen LogP contribution in [0.3, 0.4) is 0 Å². The molecule has 152 valence electrons. The summed E-state index contributed by atoms with van der Waals surface area (Å²) in [6.07, 6.45) is 1.64. The molecule has 5 rings (SSSR count). The number of rotatable bonds is 3. The topological polar surface area (TPSA) is 99.9 Å². The van der Waals surface area contributed by atoms with Crippen LogP contribution in [0.4, 0.5) is 4.39 Å². The van der Waals surface area contributed by atoms with Crippen molar-refractivity contribution < 1.29 is 12.8 Å². The number of halogens is 3. The molecule has 0 spiro atoms. The second kappa shape index (κ2) is 6.14. The molecular weight excluding hydrogens is 536 g/mol. The molecule has 8 nitrogen and oxygen atoms in total. The van der Waals surface area contributed by atoms with Crippen LogP contribution in [0.25, 0.3) is 5.03 Å². The second-order valence-corrected chi connectivity index (χ2v) is 10.9. The van der Waals surface area contributed by atoms with Crippen LogP contribution in [0.2, 0.25) is 0 Å². The summed E-state index contributed by atoms with van der Waals surface area (Å²) in [7, 11) is -2.21. The fraction of sp³-hybridized carbons (Fsp3) is 0.353. The highest BCUT2D eigenvalue weighted by molar-refractivity contribution is 14.1. The van der Waals surface area contributed by atoms with Crippen molar-refractivity contribution in [2.45, 2.75) is 29.8 Å². The first-order chi connectivity index (χ1) is 13.7. The average Bonchev–Trinajstić information content (AvgIpc) is 3.39. The highest BCUT2D eigenvalue weighted by Gasteiger charge is 2.53. The maximum Gasteiger partial charge on any atom is 0.341 e. The average molecular weight is 550 g/mol. The monoisotopic (exact) mass is 549 g/mol. The van der Waals surface area contributed by atoms with E-state index in [1.807, 2.05) is 22.6 Å². The molecule has 1 aromatic carbocycles. The lowest BCUT2D eigenvalue weighted by molar-refractivity contribution is 0.305. The molecule has 1 saturated carbocycles. The largest absolute Gasteiger partial charge is 0.341 e. The van der Waals surface area contributed by atoms with Crippen molar-refractivity contribution in [2.24, 2.45) is 9.98 Å². The normalized spacial score (nSPS) is 25.7. The molecule has 0 radical (unpaired) electrons. The van der Waals surface area contributed by atoms with Gasteiger partial charge in [-0.05, 0) is 47.6 Å². The van der Waals surface area contributed by atoms with Crippen LogP contribution >= 0.6 is 34.2 Å². The van der Waals surface area contributed by atoms with Crippen LogP contribution < -0.4 is 16.5 Å². The standard InChI is InChI=1S/C17H14ClFIN5O3S/c1-24-7-21-17(10-5-2-8(20)6-11(10)19)13(18)12-14(23-15(17)24)25(16(26)22-12)29(27,28)9-3-4-9/h2,5-7,9,15H,3-4H2,1H3,(H,22,26). The zero-order chi connectivity index (χ0) is 20.7. The van der Waals surface area contributed by atoms with Gasteiger partial charge < -0.3 is 9.88 Å². The van der Waals surface area contributed by atoms with Crippen LogP contribution in [0, 0.1) is 9.39 Å². The quantitative estimate of drug-likeness (QED) is 0.562. The molecule has 0 bridgehead atoms. The number of fused-ring (bicyclic) bond motifs is 2. The van der Waals surface area contributed by atoms with E-state index in [2.05, 4.69) is 15.0 Å². The molecular formula is C17H14ClFIN5O3S. The number of nitrogens with zero attached hydrogens (tertiary/aromatic N) is 4. The molecule has 3 heterocycles. The Hall–Kier alpha value is -1.73. The number of aromatic nitrogens is 2. The van der Waals surface area contributed by atoms with Crippen molar-refractivity contribution in [3.8, 4) is 0 Å². The molecule has 12 heteroatoms. The maximum absolute atomic E-state index is 14.9. The smallest absolute Gasteiger partial charge is 0.341 e. The first-order valence-electron chi connectivity index (χ1n) is 8.74. The number of H-pyrrole nitrogens is 1. The van der Waals surface area contributed by atoms with Crippen LogP contribution in [0.1, 0.15) is 18.4 Å². The van der Waals surface area contributed by atoms with Crippen LogP contribution in [0.5, 0.6) is 0 Å². The van der Waals surface area contributed by atoms with Gasteiger partial charge >= 0.3 is 5.69 Å². The van der Waals surface area contributed by atoms with Gasteiger partial charge in [-0.1, -0.05) is 17.7 Å². The zero-order valence-electron chi connectivity index (χ0n) is 14.9. The molecule has 0 saturated heterocycles. The van der Waals surface area contributed by atoms with E-state index < -0.39 is 38.5 Å². The molecule has 1 aliphatic carbocycles. The minimum atomic E-state index is -3.89. The highest BCUT2D eigenvalue weighted by atomic mass is 127. The number of benzene rings is 1. The van der Waals surface area contributed by atoms with E-state index in [9.17, 15) is 17.6 Å². The molecule has 0 amide bonds. The van der Waals surface area contributed by atoms with Crippen molar-refractivity contribution in [3.63, 3.8) is 0 Å². The van der Waals surface area contributed by atoms with E-state index >= 15 is 0 Å². The van der Waals surface area contributed by atoms with Gasteiger partial charge in [0.1, 0.15) is 11.2 Å². The predicted octanol–water partition coefficient (Wildman–Crippen LogP) is 0.436. The Kier molecular flexibility index (Phi) is 4.07. The fourth-order valence-electron chi connectivity index (χ4n) is 3.83. The number of nitrogens with one attached hydrogen (secondary N) is 1. The highest BCUT2D eigenvalue weighted by Crippen LogP contribution is 2.46. The third-order valence-corrected chi connectivity index (χ3v) is 8.69. The van der Waals surface area contributed by atoms with Gasteiger partial charge in [0.05, 0.1) is 16.6 Å². The second-order valence-electron chi connectivity index (χ2n) is 7.25. The molecule has 1 N–H and O–H groups in total. The lowest BCUT2D eigenvalue weighted by Gasteiger charge is -2.35. The van der Waals surface area contributed by atoms with Crippen LogP contribution in [-0.2, 0) is 15.6 Å². The number of aromatic amines is 1. The number of likely N-dealkylation sites (N-methyl/N-ethyl adjacent to an activating group) is 1. The molecule has 2 aromatic rings. The van der Waals surface area contributed by atoms with Gasteiger partial charge in [-0.15, -0.1) is 0 Å². The Morgan fingerprint density at radius 3 is 2.76 bits per heavy atom. The number of hydrogen-bond donors (Lipinski definition) is 1.